The number of halogens is 1. The fourth-order valence-corrected chi connectivity index (χ4v) is 4.26. The molecular formula is C20H26ClN3O4S. The van der Waals surface area contributed by atoms with Crippen molar-refractivity contribution in [1.82, 2.24) is 10.3 Å². The Kier molecular flexibility index (Phi) is 8.28. The highest BCUT2D eigenvalue weighted by Gasteiger charge is 2.21. The number of amides is 1. The second-order valence-corrected chi connectivity index (χ2v) is 8.67. The van der Waals surface area contributed by atoms with Crippen LogP contribution in [-0.2, 0) is 10.0 Å². The number of anilines is 1. The molecule has 1 unspecified atom stereocenters. The van der Waals surface area contributed by atoms with Gasteiger partial charge in [-0.1, -0.05) is 38.3 Å². The number of nitrogens with zero attached hydrogens (tertiary/aromatic N) is 1. The molecule has 7 nitrogen and oxygen atoms in total. The van der Waals surface area contributed by atoms with Gasteiger partial charge in [0.05, 0.1) is 24.6 Å². The summed E-state index contributed by atoms with van der Waals surface area (Å²) < 4.78 is 33.1. The van der Waals surface area contributed by atoms with Gasteiger partial charge in [-0.2, -0.15) is 0 Å². The molecule has 1 amide bonds. The minimum atomic E-state index is -3.99. The van der Waals surface area contributed by atoms with E-state index in [4.69, 9.17) is 16.3 Å². The van der Waals surface area contributed by atoms with Crippen LogP contribution in [-0.4, -0.2) is 32.5 Å². The zero-order valence-electron chi connectivity index (χ0n) is 16.7. The number of unbranched alkanes of at least 4 members (excludes halogenated alkanes) is 1. The van der Waals surface area contributed by atoms with Crippen molar-refractivity contribution < 1.29 is 17.9 Å². The zero-order chi connectivity index (χ0) is 21.4. The minimum Gasteiger partial charge on any atom is -0.495 e. The van der Waals surface area contributed by atoms with Crippen LogP contribution in [0.15, 0.2) is 41.6 Å². The van der Waals surface area contributed by atoms with Crippen LogP contribution in [0.25, 0.3) is 0 Å². The number of nitrogens with one attached hydrogen (secondary N) is 2. The quantitative estimate of drug-likeness (QED) is 0.576. The Bertz CT molecular complexity index is 950. The number of carbonyl (C=O) groups excluding carboxylic acids is 1. The van der Waals surface area contributed by atoms with Crippen LogP contribution in [0.5, 0.6) is 5.75 Å². The first-order chi connectivity index (χ1) is 13.8. The molecule has 0 aliphatic heterocycles. The minimum absolute atomic E-state index is 0.0681. The van der Waals surface area contributed by atoms with Crippen molar-refractivity contribution in [2.75, 3.05) is 11.8 Å². The molecule has 0 spiro atoms. The summed E-state index contributed by atoms with van der Waals surface area (Å²) in [5, 5.41) is 3.23. The maximum Gasteiger partial charge on any atom is 0.265 e. The molecule has 0 aliphatic rings. The van der Waals surface area contributed by atoms with Crippen molar-refractivity contribution in [3.63, 3.8) is 0 Å². The van der Waals surface area contributed by atoms with Crippen LogP contribution in [0.2, 0.25) is 5.02 Å². The summed E-state index contributed by atoms with van der Waals surface area (Å²) in [5.74, 6) is -0.132. The van der Waals surface area contributed by atoms with Crippen molar-refractivity contribution in [3.05, 3.63) is 47.2 Å². The van der Waals surface area contributed by atoms with Gasteiger partial charge in [0.1, 0.15) is 10.6 Å². The van der Waals surface area contributed by atoms with E-state index < -0.39 is 10.0 Å². The lowest BCUT2D eigenvalue weighted by molar-refractivity contribution is 0.0933. The average molecular weight is 440 g/mol. The van der Waals surface area contributed by atoms with E-state index in [0.717, 1.165) is 25.7 Å². The first kappa shape index (κ1) is 23.0. The largest absolute Gasteiger partial charge is 0.495 e. The van der Waals surface area contributed by atoms with E-state index in [-0.39, 0.29) is 38.9 Å². The first-order valence-corrected chi connectivity index (χ1v) is 11.3. The molecule has 2 N–H and O–H groups in total. The van der Waals surface area contributed by atoms with Crippen LogP contribution in [0.3, 0.4) is 0 Å². The van der Waals surface area contributed by atoms with Crippen LogP contribution < -0.4 is 14.8 Å². The van der Waals surface area contributed by atoms with Crippen molar-refractivity contribution in [2.24, 2.45) is 0 Å². The number of sulfonamides is 1. The molecule has 0 radical (unpaired) electrons. The fourth-order valence-electron chi connectivity index (χ4n) is 2.79. The van der Waals surface area contributed by atoms with E-state index in [1.165, 1.54) is 43.8 Å². The molecule has 1 aromatic heterocycles. The van der Waals surface area contributed by atoms with Gasteiger partial charge in [0, 0.05) is 17.3 Å². The van der Waals surface area contributed by atoms with Crippen molar-refractivity contribution in [2.45, 2.75) is 50.5 Å². The van der Waals surface area contributed by atoms with E-state index in [9.17, 15) is 13.2 Å². The third kappa shape index (κ3) is 6.33. The summed E-state index contributed by atoms with van der Waals surface area (Å²) in [6.45, 7) is 4.12. The summed E-state index contributed by atoms with van der Waals surface area (Å²) in [6, 6.07) is 5.82. The Hall–Kier alpha value is -2.32. The Balaban J connectivity index is 2.21. The molecule has 0 saturated carbocycles. The SMILES string of the molecule is CCCCC(CC)NC(=O)c1cncc(NS(=O)(=O)c2cc(Cl)ccc2OC)c1. The second kappa shape index (κ2) is 10.5. The summed E-state index contributed by atoms with van der Waals surface area (Å²) in [5.41, 5.74) is 0.444. The Morgan fingerprint density at radius 1 is 1.24 bits per heavy atom. The Morgan fingerprint density at radius 2 is 2.00 bits per heavy atom. The molecule has 29 heavy (non-hydrogen) atoms. The Morgan fingerprint density at radius 3 is 2.66 bits per heavy atom. The maximum absolute atomic E-state index is 12.8. The number of methoxy groups -OCH3 is 1. The van der Waals surface area contributed by atoms with E-state index in [1.54, 1.807) is 0 Å². The molecular weight excluding hydrogens is 414 g/mol. The summed E-state index contributed by atoms with van der Waals surface area (Å²) >= 11 is 5.93. The molecule has 0 aliphatic carbocycles. The number of ether oxygens (including phenoxy) is 1. The normalized spacial score (nSPS) is 12.3. The third-order valence-corrected chi connectivity index (χ3v) is 6.04. The number of hydrogen-bond acceptors (Lipinski definition) is 5. The molecule has 1 aromatic carbocycles. The lowest BCUT2D eigenvalue weighted by Gasteiger charge is -2.17. The van der Waals surface area contributed by atoms with Gasteiger partial charge in [-0.05, 0) is 37.1 Å². The zero-order valence-corrected chi connectivity index (χ0v) is 18.3. The smallest absolute Gasteiger partial charge is 0.265 e. The molecule has 0 saturated heterocycles. The van der Waals surface area contributed by atoms with Crippen LogP contribution in [0, 0.1) is 0 Å². The van der Waals surface area contributed by atoms with E-state index in [1.807, 2.05) is 6.92 Å². The van der Waals surface area contributed by atoms with Gasteiger partial charge in [-0.25, -0.2) is 8.42 Å². The number of carbonyl (C=O) groups is 1. The van der Waals surface area contributed by atoms with E-state index in [0.29, 0.717) is 0 Å². The van der Waals surface area contributed by atoms with Crippen LogP contribution in [0.4, 0.5) is 5.69 Å². The highest BCUT2D eigenvalue weighted by atomic mass is 35.5. The molecule has 2 aromatic rings. The van der Waals surface area contributed by atoms with E-state index in [2.05, 4.69) is 21.9 Å². The standard InChI is InChI=1S/C20H26ClN3O4S/c1-4-6-7-16(5-2)23-20(25)14-10-17(13-22-12-14)24-29(26,27)19-11-15(21)8-9-18(19)28-3/h8-13,16,24H,4-7H2,1-3H3,(H,23,25). The van der Waals surface area contributed by atoms with Crippen LogP contribution >= 0.6 is 11.6 Å². The third-order valence-electron chi connectivity index (χ3n) is 4.40. The van der Waals surface area contributed by atoms with Crippen molar-refractivity contribution >= 4 is 33.2 Å². The molecule has 2 rings (SSSR count). The molecule has 0 fully saturated rings. The predicted octanol–water partition coefficient (Wildman–Crippen LogP) is 4.24. The number of hydrogen-bond donors (Lipinski definition) is 2. The topological polar surface area (TPSA) is 97.4 Å². The average Bonchev–Trinajstić information content (AvgIpc) is 2.70. The molecule has 158 valence electrons. The molecule has 1 atom stereocenters. The lowest BCUT2D eigenvalue weighted by atomic mass is 10.1. The highest BCUT2D eigenvalue weighted by Crippen LogP contribution is 2.28. The molecule has 0 bridgehead atoms. The molecule has 9 heteroatoms. The maximum atomic E-state index is 12.8. The number of rotatable bonds is 10. The van der Waals surface area contributed by atoms with Gasteiger partial charge in [0.2, 0.25) is 0 Å². The number of aromatic nitrogens is 1. The van der Waals surface area contributed by atoms with E-state index >= 15 is 0 Å². The highest BCUT2D eigenvalue weighted by molar-refractivity contribution is 7.92. The number of pyridine rings is 1. The van der Waals surface area contributed by atoms with Crippen LogP contribution in [0.1, 0.15) is 49.9 Å². The van der Waals surface area contributed by atoms with Gasteiger partial charge >= 0.3 is 0 Å². The predicted molar refractivity (Wildman–Crippen MR) is 114 cm³/mol. The summed E-state index contributed by atoms with van der Waals surface area (Å²) in [4.78, 5) is 16.4. The first-order valence-electron chi connectivity index (χ1n) is 9.43. The van der Waals surface area contributed by atoms with Gasteiger partial charge in [-0.3, -0.25) is 14.5 Å². The second-order valence-electron chi connectivity index (χ2n) is 6.58. The summed E-state index contributed by atoms with van der Waals surface area (Å²) in [6.07, 6.45) is 6.53. The van der Waals surface area contributed by atoms with Gasteiger partial charge in [0.25, 0.3) is 15.9 Å². The lowest BCUT2D eigenvalue weighted by Crippen LogP contribution is -2.34. The van der Waals surface area contributed by atoms with Gasteiger partial charge < -0.3 is 10.1 Å². The van der Waals surface area contributed by atoms with Crippen molar-refractivity contribution in [1.29, 1.82) is 0 Å². The number of benzene rings is 1. The van der Waals surface area contributed by atoms with Gasteiger partial charge in [-0.15, -0.1) is 0 Å². The fraction of sp³-hybridized carbons (Fsp3) is 0.400. The summed E-state index contributed by atoms with van der Waals surface area (Å²) in [7, 11) is -2.62. The van der Waals surface area contributed by atoms with Gasteiger partial charge in [0.15, 0.2) is 0 Å². The molecule has 1 heterocycles. The monoisotopic (exact) mass is 439 g/mol. The Labute approximate surface area is 176 Å². The van der Waals surface area contributed by atoms with Crippen molar-refractivity contribution in [3.8, 4) is 5.75 Å².